The third-order valence-electron chi connectivity index (χ3n) is 3.75. The molecule has 23 heavy (non-hydrogen) atoms. The van der Waals surface area contributed by atoms with Gasteiger partial charge in [-0.25, -0.2) is 9.78 Å². The summed E-state index contributed by atoms with van der Waals surface area (Å²) in [5.41, 5.74) is 2.71. The first kappa shape index (κ1) is 13.8. The number of fused-ring (bicyclic) bond motifs is 2. The van der Waals surface area contributed by atoms with Gasteiger partial charge in [-0.1, -0.05) is 11.6 Å². The fraction of sp³-hybridized carbons (Fsp3) is 0.0625. The Bertz CT molecular complexity index is 1100. The molecule has 0 unspecified atom stereocenters. The Morgan fingerprint density at radius 2 is 2.09 bits per heavy atom. The number of hydrogen-bond donors (Lipinski definition) is 2. The average molecular weight is 326 g/mol. The Morgan fingerprint density at radius 1 is 1.22 bits per heavy atom. The molecule has 7 heteroatoms. The van der Waals surface area contributed by atoms with E-state index in [0.717, 1.165) is 16.4 Å². The predicted molar refractivity (Wildman–Crippen MR) is 91.5 cm³/mol. The molecule has 2 N–H and O–H groups in total. The second-order valence-corrected chi connectivity index (χ2v) is 5.53. The molecule has 4 aromatic rings. The van der Waals surface area contributed by atoms with Crippen LogP contribution in [-0.2, 0) is 0 Å². The topological polar surface area (TPSA) is 75.6 Å². The smallest absolute Gasteiger partial charge is 0.354 e. The number of anilines is 1. The van der Waals surface area contributed by atoms with Crippen LogP contribution in [0.15, 0.2) is 47.5 Å². The average Bonchev–Trinajstić information content (AvgIpc) is 3.01. The molecule has 2 heterocycles. The molecule has 0 aliphatic rings. The molecule has 0 fully saturated rings. The fourth-order valence-corrected chi connectivity index (χ4v) is 2.87. The summed E-state index contributed by atoms with van der Waals surface area (Å²) >= 11 is 6.13. The first-order valence-electron chi connectivity index (χ1n) is 7.01. The lowest BCUT2D eigenvalue weighted by Crippen LogP contribution is -2.23. The molecule has 6 nitrogen and oxygen atoms in total. The van der Waals surface area contributed by atoms with E-state index < -0.39 is 0 Å². The minimum Gasteiger partial charge on any atom is -0.372 e. The third-order valence-corrected chi connectivity index (χ3v) is 3.99. The Morgan fingerprint density at radius 3 is 2.91 bits per heavy atom. The number of imidazole rings is 1. The zero-order chi connectivity index (χ0) is 16.0. The molecule has 0 aliphatic carbocycles. The highest BCUT2D eigenvalue weighted by Crippen LogP contribution is 2.25. The molecular formula is C16H12ClN5O. The highest BCUT2D eigenvalue weighted by molar-refractivity contribution is 6.31. The van der Waals surface area contributed by atoms with Crippen LogP contribution >= 0.6 is 11.6 Å². The molecule has 0 amide bonds. The number of halogens is 1. The van der Waals surface area contributed by atoms with Gasteiger partial charge in [-0.3, -0.25) is 4.57 Å². The van der Waals surface area contributed by atoms with Gasteiger partial charge in [-0.2, -0.15) is 4.98 Å². The zero-order valence-corrected chi connectivity index (χ0v) is 12.9. The van der Waals surface area contributed by atoms with Crippen molar-refractivity contribution in [3.63, 3.8) is 0 Å². The Labute approximate surface area is 135 Å². The van der Waals surface area contributed by atoms with Gasteiger partial charge in [0.15, 0.2) is 0 Å². The Kier molecular flexibility index (Phi) is 3.06. The maximum atomic E-state index is 12.5. The molecule has 114 valence electrons. The molecule has 0 saturated carbocycles. The van der Waals surface area contributed by atoms with Gasteiger partial charge in [-0.05, 0) is 36.4 Å². The van der Waals surface area contributed by atoms with Crippen LogP contribution < -0.4 is 11.0 Å². The third kappa shape index (κ3) is 2.15. The molecule has 4 rings (SSSR count). The van der Waals surface area contributed by atoms with E-state index in [2.05, 4.69) is 20.3 Å². The van der Waals surface area contributed by atoms with Crippen molar-refractivity contribution in [2.45, 2.75) is 0 Å². The Balaban J connectivity index is 2.11. The summed E-state index contributed by atoms with van der Waals surface area (Å²) in [6.45, 7) is 0. The van der Waals surface area contributed by atoms with Gasteiger partial charge < -0.3 is 10.3 Å². The van der Waals surface area contributed by atoms with E-state index in [1.165, 1.54) is 0 Å². The van der Waals surface area contributed by atoms with E-state index >= 15 is 0 Å². The van der Waals surface area contributed by atoms with Crippen LogP contribution in [-0.4, -0.2) is 26.6 Å². The quantitative estimate of drug-likeness (QED) is 0.594. The van der Waals surface area contributed by atoms with E-state index in [-0.39, 0.29) is 5.69 Å². The zero-order valence-electron chi connectivity index (χ0n) is 12.2. The molecular weight excluding hydrogens is 314 g/mol. The van der Waals surface area contributed by atoms with Crippen molar-refractivity contribution in [1.29, 1.82) is 0 Å². The largest absolute Gasteiger partial charge is 0.372 e. The van der Waals surface area contributed by atoms with Crippen molar-refractivity contribution in [2.24, 2.45) is 0 Å². The van der Waals surface area contributed by atoms with E-state index in [1.54, 1.807) is 30.1 Å². The van der Waals surface area contributed by atoms with Gasteiger partial charge in [-0.15, -0.1) is 0 Å². The number of hydrogen-bond acceptors (Lipinski definition) is 4. The van der Waals surface area contributed by atoms with Crippen molar-refractivity contribution in [2.75, 3.05) is 12.4 Å². The van der Waals surface area contributed by atoms with Gasteiger partial charge in [0.05, 0.1) is 28.6 Å². The standard InChI is InChI=1S/C16H12ClN5O/c1-18-15-11-4-2-9(17)6-14(11)22(16(23)21-15)10-3-5-12-13(7-10)20-8-19-12/h2-8H,1H3,(H,19,20)(H,18,21,23). The number of nitrogens with zero attached hydrogens (tertiary/aromatic N) is 3. The molecule has 0 spiro atoms. The summed E-state index contributed by atoms with van der Waals surface area (Å²) in [5, 5.41) is 4.33. The van der Waals surface area contributed by atoms with Gasteiger partial charge in [0, 0.05) is 17.5 Å². The summed E-state index contributed by atoms with van der Waals surface area (Å²) in [4.78, 5) is 23.9. The van der Waals surface area contributed by atoms with Crippen LogP contribution in [0.2, 0.25) is 5.02 Å². The van der Waals surface area contributed by atoms with Crippen molar-refractivity contribution in [1.82, 2.24) is 19.5 Å². The SMILES string of the molecule is CNc1nc(=O)n(-c2ccc3nc[nH]c3c2)c2cc(Cl)ccc12. The summed E-state index contributed by atoms with van der Waals surface area (Å²) in [6.07, 6.45) is 1.62. The lowest BCUT2D eigenvalue weighted by atomic mass is 10.2. The van der Waals surface area contributed by atoms with Crippen molar-refractivity contribution in [3.8, 4) is 5.69 Å². The number of H-pyrrole nitrogens is 1. The number of aromatic amines is 1. The number of nitrogens with one attached hydrogen (secondary N) is 2. The van der Waals surface area contributed by atoms with Crippen LogP contribution in [0.25, 0.3) is 27.6 Å². The van der Waals surface area contributed by atoms with E-state index in [1.807, 2.05) is 24.3 Å². The second-order valence-electron chi connectivity index (χ2n) is 5.09. The van der Waals surface area contributed by atoms with Gasteiger partial charge in [0.2, 0.25) is 0 Å². The fourth-order valence-electron chi connectivity index (χ4n) is 2.70. The molecule has 0 atom stereocenters. The normalized spacial score (nSPS) is 11.2. The highest BCUT2D eigenvalue weighted by atomic mass is 35.5. The molecule has 0 radical (unpaired) electrons. The van der Waals surface area contributed by atoms with Crippen molar-refractivity contribution < 1.29 is 0 Å². The van der Waals surface area contributed by atoms with Crippen LogP contribution in [0.1, 0.15) is 0 Å². The number of rotatable bonds is 2. The molecule has 0 saturated heterocycles. The summed E-state index contributed by atoms with van der Waals surface area (Å²) in [5.74, 6) is 0.528. The van der Waals surface area contributed by atoms with Crippen molar-refractivity contribution >= 4 is 39.4 Å². The first-order valence-corrected chi connectivity index (χ1v) is 7.39. The monoisotopic (exact) mass is 325 g/mol. The minimum absolute atomic E-state index is 0.372. The van der Waals surface area contributed by atoms with Crippen LogP contribution in [0.4, 0.5) is 5.82 Å². The van der Waals surface area contributed by atoms with Gasteiger partial charge in [0.25, 0.3) is 0 Å². The van der Waals surface area contributed by atoms with E-state index in [0.29, 0.717) is 22.0 Å². The summed E-state index contributed by atoms with van der Waals surface area (Å²) in [6, 6.07) is 10.9. The maximum Gasteiger partial charge on any atom is 0.354 e. The van der Waals surface area contributed by atoms with E-state index in [9.17, 15) is 4.79 Å². The number of benzene rings is 2. The molecule has 2 aromatic heterocycles. The van der Waals surface area contributed by atoms with Gasteiger partial charge in [0.1, 0.15) is 5.82 Å². The first-order chi connectivity index (χ1) is 11.2. The maximum absolute atomic E-state index is 12.5. The lowest BCUT2D eigenvalue weighted by Gasteiger charge is -2.12. The van der Waals surface area contributed by atoms with Crippen LogP contribution in [0.3, 0.4) is 0 Å². The van der Waals surface area contributed by atoms with Gasteiger partial charge >= 0.3 is 5.69 Å². The highest BCUT2D eigenvalue weighted by Gasteiger charge is 2.12. The van der Waals surface area contributed by atoms with E-state index in [4.69, 9.17) is 11.6 Å². The van der Waals surface area contributed by atoms with Crippen LogP contribution in [0.5, 0.6) is 0 Å². The predicted octanol–water partition coefficient (Wildman–Crippen LogP) is 2.96. The lowest BCUT2D eigenvalue weighted by molar-refractivity contribution is 0.962. The van der Waals surface area contributed by atoms with Crippen molar-refractivity contribution in [3.05, 3.63) is 58.2 Å². The summed E-state index contributed by atoms with van der Waals surface area (Å²) in [7, 11) is 1.73. The van der Waals surface area contributed by atoms with Crippen LogP contribution in [0, 0.1) is 0 Å². The molecule has 0 bridgehead atoms. The second kappa shape index (κ2) is 5.10. The minimum atomic E-state index is -0.372. The summed E-state index contributed by atoms with van der Waals surface area (Å²) < 4.78 is 1.54. The Hall–Kier alpha value is -2.86. The number of aromatic nitrogens is 4. The molecule has 0 aliphatic heterocycles. The molecule has 2 aromatic carbocycles.